The lowest BCUT2D eigenvalue weighted by Crippen LogP contribution is -2.19. The van der Waals surface area contributed by atoms with Gasteiger partial charge in [0.2, 0.25) is 11.5 Å². The Morgan fingerprint density at radius 2 is 0.730 bits per heavy atom. The third-order valence-corrected chi connectivity index (χ3v) is 10.8. The van der Waals surface area contributed by atoms with Crippen LogP contribution in [-0.2, 0) is 46.1 Å². The highest BCUT2D eigenvalue weighted by Gasteiger charge is 2.29. The van der Waals surface area contributed by atoms with Crippen LogP contribution >= 0.6 is 0 Å². The lowest BCUT2D eigenvalue weighted by atomic mass is 9.78. The van der Waals surface area contributed by atoms with Crippen LogP contribution in [0.4, 0.5) is 0 Å². The van der Waals surface area contributed by atoms with Crippen molar-refractivity contribution in [2.45, 2.75) is 124 Å². The Kier molecular flexibility index (Phi) is 15.2. The Bertz CT molecular complexity index is 2070. The SMILES string of the molecule is CC(C)(C)c1cc(C=C(O)C(=O)OCCOc2ccc(C(C)(C)c3ccc(OCCOC(=O)C(O)=Cc4cc(C(C)(C)C)c(O)c(C(C)(C)C)c4)cc3)cc2)cc(C(C)(C)C)c1O. The number of phenols is 2. The highest BCUT2D eigenvalue weighted by Crippen LogP contribution is 2.42. The van der Waals surface area contributed by atoms with Crippen LogP contribution in [0.1, 0.15) is 141 Å². The van der Waals surface area contributed by atoms with Gasteiger partial charge in [-0.2, -0.15) is 0 Å². The molecule has 4 aromatic rings. The van der Waals surface area contributed by atoms with Crippen LogP contribution in [-0.4, -0.2) is 58.8 Å². The summed E-state index contributed by atoms with van der Waals surface area (Å²) in [5.41, 5.74) is 4.30. The second-order valence-electron chi connectivity index (χ2n) is 20.6. The molecular formula is C53H68O10. The lowest BCUT2D eigenvalue weighted by Gasteiger charge is -2.28. The van der Waals surface area contributed by atoms with Crippen LogP contribution in [0.5, 0.6) is 23.0 Å². The van der Waals surface area contributed by atoms with Gasteiger partial charge in [-0.15, -0.1) is 0 Å². The predicted octanol–water partition coefficient (Wildman–Crippen LogP) is 11.7. The number of aliphatic hydroxyl groups excluding tert-OH is 2. The summed E-state index contributed by atoms with van der Waals surface area (Å²) < 4.78 is 22.2. The van der Waals surface area contributed by atoms with Crippen molar-refractivity contribution in [3.8, 4) is 23.0 Å². The molecule has 0 aliphatic carbocycles. The van der Waals surface area contributed by atoms with E-state index in [0.29, 0.717) is 44.9 Å². The first kappa shape index (κ1) is 49.8. The molecule has 10 heteroatoms. The molecule has 0 aliphatic heterocycles. The van der Waals surface area contributed by atoms with Crippen molar-refractivity contribution in [2.75, 3.05) is 26.4 Å². The quantitative estimate of drug-likeness (QED) is 0.0417. The van der Waals surface area contributed by atoms with Gasteiger partial charge in [-0.3, -0.25) is 0 Å². The number of ether oxygens (including phenoxy) is 4. The molecular weight excluding hydrogens is 797 g/mol. The first-order valence-electron chi connectivity index (χ1n) is 21.4. The molecule has 4 N–H and O–H groups in total. The molecule has 340 valence electrons. The number of esters is 2. The Morgan fingerprint density at radius 1 is 0.460 bits per heavy atom. The molecule has 63 heavy (non-hydrogen) atoms. The fourth-order valence-corrected chi connectivity index (χ4v) is 7.04. The zero-order chi connectivity index (χ0) is 47.3. The van der Waals surface area contributed by atoms with E-state index in [0.717, 1.165) is 11.1 Å². The van der Waals surface area contributed by atoms with E-state index in [1.807, 2.05) is 132 Å². The molecule has 0 atom stereocenters. The summed E-state index contributed by atoms with van der Waals surface area (Å²) in [6.45, 7) is 28.1. The minimum Gasteiger partial charge on any atom is -0.507 e. The molecule has 0 heterocycles. The van der Waals surface area contributed by atoms with Crippen LogP contribution in [0.15, 0.2) is 84.3 Å². The first-order chi connectivity index (χ1) is 29.0. The molecule has 0 saturated heterocycles. The molecule has 0 fully saturated rings. The molecule has 0 aliphatic rings. The van der Waals surface area contributed by atoms with Gasteiger partial charge in [0.15, 0.2) is 0 Å². The maximum atomic E-state index is 12.6. The van der Waals surface area contributed by atoms with Crippen LogP contribution in [0, 0.1) is 0 Å². The summed E-state index contributed by atoms with van der Waals surface area (Å²) in [7, 11) is 0. The molecule has 0 unspecified atom stereocenters. The number of hydrogen-bond donors (Lipinski definition) is 4. The van der Waals surface area contributed by atoms with Crippen molar-refractivity contribution in [3.63, 3.8) is 0 Å². The molecule has 4 rings (SSSR count). The molecule has 0 bridgehead atoms. The fraction of sp³-hybridized carbons (Fsp3) is 0.434. The predicted molar refractivity (Wildman–Crippen MR) is 250 cm³/mol. The maximum Gasteiger partial charge on any atom is 0.373 e. The molecule has 0 radical (unpaired) electrons. The summed E-state index contributed by atoms with van der Waals surface area (Å²) in [5.74, 6) is -1.23. The second-order valence-corrected chi connectivity index (χ2v) is 20.6. The largest absolute Gasteiger partial charge is 0.507 e. The van der Waals surface area contributed by atoms with Crippen molar-refractivity contribution >= 4 is 24.1 Å². The van der Waals surface area contributed by atoms with E-state index in [-0.39, 0.29) is 65.0 Å². The molecule has 0 amide bonds. The zero-order valence-electron chi connectivity index (χ0n) is 39.6. The molecule has 0 spiro atoms. The third-order valence-electron chi connectivity index (χ3n) is 10.8. The highest BCUT2D eigenvalue weighted by molar-refractivity contribution is 5.91. The Labute approximate surface area is 374 Å². The Balaban J connectivity index is 1.27. The minimum absolute atomic E-state index is 0.0749. The van der Waals surface area contributed by atoms with Gasteiger partial charge >= 0.3 is 11.9 Å². The lowest BCUT2D eigenvalue weighted by molar-refractivity contribution is -0.143. The van der Waals surface area contributed by atoms with Gasteiger partial charge < -0.3 is 39.4 Å². The molecule has 10 nitrogen and oxygen atoms in total. The van der Waals surface area contributed by atoms with E-state index in [2.05, 4.69) is 13.8 Å². The van der Waals surface area contributed by atoms with Crippen LogP contribution < -0.4 is 9.47 Å². The third kappa shape index (κ3) is 13.1. The zero-order valence-corrected chi connectivity index (χ0v) is 39.6. The summed E-state index contributed by atoms with van der Waals surface area (Å²) in [4.78, 5) is 25.3. The average Bonchev–Trinajstić information content (AvgIpc) is 3.17. The number of carbonyl (C=O) groups excluding carboxylic acids is 2. The molecule has 0 saturated carbocycles. The first-order valence-corrected chi connectivity index (χ1v) is 21.4. The summed E-state index contributed by atoms with van der Waals surface area (Å²) in [6, 6.07) is 22.4. The monoisotopic (exact) mass is 864 g/mol. The summed E-state index contributed by atoms with van der Waals surface area (Å²) >= 11 is 0. The van der Waals surface area contributed by atoms with Crippen molar-refractivity contribution in [1.82, 2.24) is 0 Å². The fourth-order valence-electron chi connectivity index (χ4n) is 7.04. The number of aliphatic hydroxyl groups is 2. The number of hydrogen-bond acceptors (Lipinski definition) is 10. The number of carbonyl (C=O) groups is 2. The van der Waals surface area contributed by atoms with Gasteiger partial charge in [0.1, 0.15) is 49.4 Å². The smallest absolute Gasteiger partial charge is 0.373 e. The van der Waals surface area contributed by atoms with Gasteiger partial charge in [0.05, 0.1) is 0 Å². The topological polar surface area (TPSA) is 152 Å². The van der Waals surface area contributed by atoms with Crippen molar-refractivity contribution < 1.29 is 49.0 Å². The van der Waals surface area contributed by atoms with Crippen LogP contribution in [0.25, 0.3) is 12.2 Å². The van der Waals surface area contributed by atoms with Gasteiger partial charge in [-0.1, -0.05) is 121 Å². The number of rotatable bonds is 14. The van der Waals surface area contributed by atoms with Crippen molar-refractivity contribution in [3.05, 3.63) is 129 Å². The van der Waals surface area contributed by atoms with Crippen LogP contribution in [0.2, 0.25) is 0 Å². The van der Waals surface area contributed by atoms with E-state index in [1.54, 1.807) is 24.3 Å². The normalized spacial score (nSPS) is 13.1. The Hall–Kier alpha value is -5.90. The van der Waals surface area contributed by atoms with Gasteiger partial charge in [0.25, 0.3) is 0 Å². The van der Waals surface area contributed by atoms with Crippen LogP contribution in [0.3, 0.4) is 0 Å². The average molecular weight is 865 g/mol. The standard InChI is InChI=1S/C53H68O10/c1-49(2,3)39-27-33(28-40(45(39)56)50(4,5)6)31-43(54)47(58)62-25-23-60-37-19-15-35(16-20-37)53(13,14)36-17-21-38(22-18-36)61-24-26-63-48(59)44(55)32-34-29-41(51(7,8)9)46(57)42(30-34)52(10,11)12/h15-22,27-32,54-57H,23-26H2,1-14H3. The van der Waals surface area contributed by atoms with Crippen molar-refractivity contribution in [1.29, 1.82) is 0 Å². The number of aromatic hydroxyl groups is 2. The van der Waals surface area contributed by atoms with Gasteiger partial charge in [-0.05, 0) is 105 Å². The maximum absolute atomic E-state index is 12.6. The van der Waals surface area contributed by atoms with E-state index < -0.39 is 23.5 Å². The van der Waals surface area contributed by atoms with E-state index in [9.17, 15) is 30.0 Å². The number of phenolic OH excluding ortho intramolecular Hbond substituents is 2. The second kappa shape index (κ2) is 19.2. The number of benzene rings is 4. The highest BCUT2D eigenvalue weighted by atomic mass is 16.6. The van der Waals surface area contributed by atoms with Gasteiger partial charge in [0, 0.05) is 27.7 Å². The van der Waals surface area contributed by atoms with E-state index in [1.165, 1.54) is 12.2 Å². The van der Waals surface area contributed by atoms with Crippen molar-refractivity contribution in [2.24, 2.45) is 0 Å². The minimum atomic E-state index is -0.876. The summed E-state index contributed by atoms with van der Waals surface area (Å²) in [5, 5.41) is 43.1. The van der Waals surface area contributed by atoms with E-state index >= 15 is 0 Å². The Morgan fingerprint density at radius 3 is 0.984 bits per heavy atom. The molecule has 0 aromatic heterocycles. The van der Waals surface area contributed by atoms with Gasteiger partial charge in [-0.25, -0.2) is 9.59 Å². The molecule has 4 aromatic carbocycles. The summed E-state index contributed by atoms with van der Waals surface area (Å²) in [6.07, 6.45) is 2.71. The van der Waals surface area contributed by atoms with E-state index in [4.69, 9.17) is 18.9 Å².